The van der Waals surface area contributed by atoms with E-state index in [4.69, 9.17) is 21.1 Å². The van der Waals surface area contributed by atoms with E-state index in [1.807, 2.05) is 6.07 Å². The second-order valence-corrected chi connectivity index (χ2v) is 4.78. The average molecular weight is 319 g/mol. The molecule has 0 aliphatic heterocycles. The lowest BCUT2D eigenvalue weighted by Crippen LogP contribution is -2.08. The summed E-state index contributed by atoms with van der Waals surface area (Å²) in [5.74, 6) is 0.608. The van der Waals surface area contributed by atoms with Crippen LogP contribution in [0.1, 0.15) is 0 Å². The Morgan fingerprint density at radius 1 is 1.27 bits per heavy atom. The van der Waals surface area contributed by atoms with Gasteiger partial charge in [-0.15, -0.1) is 0 Å². The van der Waals surface area contributed by atoms with Crippen molar-refractivity contribution in [1.82, 2.24) is 9.97 Å². The molecular formula is C15H11ClN2O4. The number of nitrogens with zero attached hydrogens (tertiary/aromatic N) is 2. The first-order valence-corrected chi connectivity index (χ1v) is 6.69. The number of pyridine rings is 2. The number of carbonyl (C=O) groups is 1. The van der Waals surface area contributed by atoms with Crippen molar-refractivity contribution in [3.05, 3.63) is 35.5 Å². The Labute approximate surface area is 130 Å². The molecule has 0 atom stereocenters. The van der Waals surface area contributed by atoms with Crippen LogP contribution in [0.3, 0.4) is 0 Å². The molecule has 0 unspecified atom stereocenters. The molecule has 0 spiro atoms. The van der Waals surface area contributed by atoms with Crippen LogP contribution in [0.25, 0.3) is 21.8 Å². The van der Waals surface area contributed by atoms with Crippen molar-refractivity contribution >= 4 is 39.6 Å². The van der Waals surface area contributed by atoms with Gasteiger partial charge in [-0.3, -0.25) is 4.98 Å². The normalized spacial score (nSPS) is 10.7. The van der Waals surface area contributed by atoms with Crippen molar-refractivity contribution in [1.29, 1.82) is 0 Å². The molecule has 2 heterocycles. The minimum Gasteiger partial charge on any atom is -0.494 e. The second-order valence-electron chi connectivity index (χ2n) is 4.37. The smallest absolute Gasteiger partial charge is 0.494 e. The summed E-state index contributed by atoms with van der Waals surface area (Å²) >= 11 is 6.32. The van der Waals surface area contributed by atoms with E-state index in [1.54, 1.807) is 25.4 Å². The molecule has 1 aromatic carbocycles. The molecule has 0 amide bonds. The van der Waals surface area contributed by atoms with Gasteiger partial charge in [-0.1, -0.05) is 17.7 Å². The van der Waals surface area contributed by atoms with Crippen molar-refractivity contribution in [2.24, 2.45) is 0 Å². The fraction of sp³-hybridized carbons (Fsp3) is 0.133. The van der Waals surface area contributed by atoms with Crippen LogP contribution in [-0.2, 0) is 4.74 Å². The third kappa shape index (κ3) is 2.37. The first-order valence-electron chi connectivity index (χ1n) is 6.32. The van der Waals surface area contributed by atoms with Gasteiger partial charge < -0.3 is 14.2 Å². The van der Waals surface area contributed by atoms with Gasteiger partial charge in [0.1, 0.15) is 11.3 Å². The molecule has 0 aliphatic rings. The number of aromatic nitrogens is 2. The molecule has 22 heavy (non-hydrogen) atoms. The average Bonchev–Trinajstić information content (AvgIpc) is 2.53. The summed E-state index contributed by atoms with van der Waals surface area (Å²) in [5, 5.41) is 1.91. The largest absolute Gasteiger partial charge is 0.514 e. The Bertz CT molecular complexity index is 882. The maximum Gasteiger partial charge on any atom is 0.514 e. The van der Waals surface area contributed by atoms with Gasteiger partial charge in [-0.05, 0) is 6.07 Å². The first kappa shape index (κ1) is 14.3. The predicted molar refractivity (Wildman–Crippen MR) is 81.6 cm³/mol. The summed E-state index contributed by atoms with van der Waals surface area (Å²) in [6.07, 6.45) is 0.810. The minimum atomic E-state index is -0.864. The quantitative estimate of drug-likeness (QED) is 0.531. The lowest BCUT2D eigenvalue weighted by atomic mass is 10.1. The SMILES string of the molecule is COC(=O)Oc1cc(Cl)c2c(cc(OC)c3ncccc32)n1. The molecule has 0 N–H and O–H groups in total. The van der Waals surface area contributed by atoms with Crippen LogP contribution in [0.4, 0.5) is 4.79 Å². The van der Waals surface area contributed by atoms with E-state index in [2.05, 4.69) is 14.7 Å². The highest BCUT2D eigenvalue weighted by molar-refractivity contribution is 6.37. The van der Waals surface area contributed by atoms with Crippen LogP contribution in [0.5, 0.6) is 11.6 Å². The van der Waals surface area contributed by atoms with Gasteiger partial charge in [-0.2, -0.15) is 0 Å². The fourth-order valence-electron chi connectivity index (χ4n) is 2.21. The van der Waals surface area contributed by atoms with E-state index in [-0.39, 0.29) is 5.88 Å². The number of methoxy groups -OCH3 is 2. The summed E-state index contributed by atoms with van der Waals surface area (Å²) in [6.45, 7) is 0. The minimum absolute atomic E-state index is 0.0506. The molecule has 0 radical (unpaired) electrons. The number of carbonyl (C=O) groups excluding carboxylic acids is 1. The lowest BCUT2D eigenvalue weighted by molar-refractivity contribution is 0.120. The van der Waals surface area contributed by atoms with Gasteiger partial charge in [0.25, 0.3) is 0 Å². The molecule has 7 heteroatoms. The lowest BCUT2D eigenvalue weighted by Gasteiger charge is -2.10. The van der Waals surface area contributed by atoms with Crippen molar-refractivity contribution < 1.29 is 19.0 Å². The molecule has 0 saturated carbocycles. The molecule has 0 fully saturated rings. The topological polar surface area (TPSA) is 70.5 Å². The first-order chi connectivity index (χ1) is 10.6. The third-order valence-electron chi connectivity index (χ3n) is 3.13. The number of benzene rings is 1. The van der Waals surface area contributed by atoms with Crippen LogP contribution < -0.4 is 9.47 Å². The Hall–Kier alpha value is -2.60. The van der Waals surface area contributed by atoms with Crippen LogP contribution in [0.2, 0.25) is 5.02 Å². The van der Waals surface area contributed by atoms with Gasteiger partial charge in [0.15, 0.2) is 0 Å². The van der Waals surface area contributed by atoms with E-state index < -0.39 is 6.16 Å². The van der Waals surface area contributed by atoms with Gasteiger partial charge in [0, 0.05) is 29.1 Å². The monoisotopic (exact) mass is 318 g/mol. The molecule has 3 rings (SSSR count). The third-order valence-corrected chi connectivity index (χ3v) is 3.43. The van der Waals surface area contributed by atoms with Gasteiger partial charge in [0.05, 0.1) is 24.8 Å². The maximum absolute atomic E-state index is 11.2. The summed E-state index contributed by atoms with van der Waals surface area (Å²) in [6, 6.07) is 6.83. The summed E-state index contributed by atoms with van der Waals surface area (Å²) < 4.78 is 14.7. The zero-order valence-electron chi connectivity index (χ0n) is 11.8. The predicted octanol–water partition coefficient (Wildman–Crippen LogP) is 3.59. The highest BCUT2D eigenvalue weighted by Gasteiger charge is 2.15. The van der Waals surface area contributed by atoms with Gasteiger partial charge in [0.2, 0.25) is 5.88 Å². The maximum atomic E-state index is 11.2. The molecule has 0 bridgehead atoms. The highest BCUT2D eigenvalue weighted by Crippen LogP contribution is 2.36. The molecule has 112 valence electrons. The van der Waals surface area contributed by atoms with E-state index in [0.717, 1.165) is 5.39 Å². The number of hydrogen-bond acceptors (Lipinski definition) is 6. The van der Waals surface area contributed by atoms with E-state index >= 15 is 0 Å². The number of fused-ring (bicyclic) bond motifs is 3. The second kappa shape index (κ2) is 5.65. The Morgan fingerprint density at radius 3 is 2.82 bits per heavy atom. The summed E-state index contributed by atoms with van der Waals surface area (Å²) in [5.41, 5.74) is 1.21. The van der Waals surface area contributed by atoms with Gasteiger partial charge >= 0.3 is 6.16 Å². The van der Waals surface area contributed by atoms with Crippen molar-refractivity contribution in [2.75, 3.05) is 14.2 Å². The van der Waals surface area contributed by atoms with Crippen LogP contribution >= 0.6 is 11.6 Å². The van der Waals surface area contributed by atoms with Crippen LogP contribution in [0.15, 0.2) is 30.5 Å². The van der Waals surface area contributed by atoms with Crippen molar-refractivity contribution in [3.63, 3.8) is 0 Å². The fourth-order valence-corrected chi connectivity index (χ4v) is 2.50. The van der Waals surface area contributed by atoms with Crippen LogP contribution in [0, 0.1) is 0 Å². The Morgan fingerprint density at radius 2 is 2.09 bits per heavy atom. The van der Waals surface area contributed by atoms with E-state index in [1.165, 1.54) is 13.2 Å². The molecular weight excluding hydrogens is 308 g/mol. The van der Waals surface area contributed by atoms with E-state index in [0.29, 0.717) is 27.2 Å². The number of ether oxygens (including phenoxy) is 3. The van der Waals surface area contributed by atoms with Crippen molar-refractivity contribution in [3.8, 4) is 11.6 Å². The highest BCUT2D eigenvalue weighted by atomic mass is 35.5. The van der Waals surface area contributed by atoms with Crippen LogP contribution in [-0.4, -0.2) is 30.3 Å². The zero-order chi connectivity index (χ0) is 15.7. The molecule has 0 aliphatic carbocycles. The number of hydrogen-bond donors (Lipinski definition) is 0. The Balaban J connectivity index is 2.30. The van der Waals surface area contributed by atoms with Crippen molar-refractivity contribution in [2.45, 2.75) is 0 Å². The summed E-state index contributed by atoms with van der Waals surface area (Å²) in [7, 11) is 2.76. The molecule has 3 aromatic rings. The Kier molecular flexibility index (Phi) is 3.68. The van der Waals surface area contributed by atoms with E-state index in [9.17, 15) is 4.79 Å². The summed E-state index contributed by atoms with van der Waals surface area (Å²) in [4.78, 5) is 19.8. The zero-order valence-corrected chi connectivity index (χ0v) is 12.5. The number of halogens is 1. The molecule has 2 aromatic heterocycles. The molecule has 0 saturated heterocycles. The van der Waals surface area contributed by atoms with Gasteiger partial charge in [-0.25, -0.2) is 9.78 Å². The molecule has 6 nitrogen and oxygen atoms in total. The number of rotatable bonds is 2. The standard InChI is InChI=1S/C15H11ClN2O4/c1-20-11-7-10-13(8-4-3-5-17-14(8)11)9(16)6-12(18-10)22-15(19)21-2/h3-7H,1-2H3.